The van der Waals surface area contributed by atoms with Gasteiger partial charge in [0.2, 0.25) is 5.95 Å². The monoisotopic (exact) mass is 472 g/mol. The van der Waals surface area contributed by atoms with Gasteiger partial charge in [-0.2, -0.15) is 9.97 Å². The minimum atomic E-state index is 0.278. The quantitative estimate of drug-likeness (QED) is 0.300. The van der Waals surface area contributed by atoms with E-state index >= 15 is 0 Å². The normalized spacial score (nSPS) is 18.0. The summed E-state index contributed by atoms with van der Waals surface area (Å²) in [5, 5.41) is 3.47. The number of fused-ring (bicyclic) bond motifs is 1. The highest BCUT2D eigenvalue weighted by molar-refractivity contribution is 5.83. The van der Waals surface area contributed by atoms with Gasteiger partial charge < -0.3 is 31.8 Å². The summed E-state index contributed by atoms with van der Waals surface area (Å²) in [6.07, 6.45) is 4.48. The fraction of sp³-hybridized carbons (Fsp3) is 0.346. The number of hydrogen-bond donors (Lipinski definition) is 4. The van der Waals surface area contributed by atoms with Crippen LogP contribution in [-0.4, -0.2) is 38.7 Å². The second kappa shape index (κ2) is 9.79. The first-order valence-electron chi connectivity index (χ1n) is 12.0. The van der Waals surface area contributed by atoms with Gasteiger partial charge in [-0.05, 0) is 55.0 Å². The molecule has 0 unspecified atom stereocenters. The minimum Gasteiger partial charge on any atom is -0.497 e. The first-order chi connectivity index (χ1) is 17.0. The van der Waals surface area contributed by atoms with Crippen LogP contribution < -0.4 is 27.3 Å². The highest BCUT2D eigenvalue weighted by Gasteiger charge is 2.22. The summed E-state index contributed by atoms with van der Waals surface area (Å²) in [6.45, 7) is 0.602. The molecule has 182 valence electrons. The van der Waals surface area contributed by atoms with Gasteiger partial charge in [0.25, 0.3) is 0 Å². The fourth-order valence-corrected chi connectivity index (χ4v) is 4.68. The van der Waals surface area contributed by atoms with Crippen LogP contribution in [0.5, 0.6) is 5.75 Å². The van der Waals surface area contributed by atoms with E-state index in [9.17, 15) is 0 Å². The van der Waals surface area contributed by atoms with Crippen molar-refractivity contribution < 1.29 is 4.74 Å². The van der Waals surface area contributed by atoms with Gasteiger partial charge in [-0.1, -0.05) is 30.3 Å². The number of aromatic nitrogens is 4. The van der Waals surface area contributed by atoms with Crippen molar-refractivity contribution in [2.24, 2.45) is 5.73 Å². The molecule has 1 fully saturated rings. The SMILES string of the molecule is COc1ccc(N)c(Cc2nc3c(N)nc(NC4CCC(N)CC4)nc3n2Cc2ccccc2)c1. The van der Waals surface area contributed by atoms with Gasteiger partial charge in [-0.15, -0.1) is 0 Å². The van der Waals surface area contributed by atoms with Crippen molar-refractivity contribution in [1.29, 1.82) is 0 Å². The lowest BCUT2D eigenvalue weighted by atomic mass is 9.92. The van der Waals surface area contributed by atoms with E-state index < -0.39 is 0 Å². The first-order valence-corrected chi connectivity index (χ1v) is 12.0. The largest absolute Gasteiger partial charge is 0.497 e. The number of imidazole rings is 1. The second-order valence-corrected chi connectivity index (χ2v) is 9.20. The van der Waals surface area contributed by atoms with Crippen molar-refractivity contribution in [2.45, 2.75) is 50.7 Å². The molecular formula is C26H32N8O. The van der Waals surface area contributed by atoms with Crippen LogP contribution in [0.25, 0.3) is 11.2 Å². The third-order valence-electron chi connectivity index (χ3n) is 6.69. The van der Waals surface area contributed by atoms with E-state index in [-0.39, 0.29) is 12.1 Å². The first kappa shape index (κ1) is 22.9. The summed E-state index contributed by atoms with van der Waals surface area (Å²) in [4.78, 5) is 14.3. The Labute approximate surface area is 204 Å². The fourth-order valence-electron chi connectivity index (χ4n) is 4.68. The smallest absolute Gasteiger partial charge is 0.226 e. The standard InChI is InChI=1S/C26H32N8O/c1-35-20-11-12-21(28)17(13-20)14-22-31-23-24(29)32-26(30-19-9-7-18(27)8-10-19)33-25(23)34(22)15-16-5-3-2-4-6-16/h2-6,11-13,18-19H,7-10,14-15,27-28H2,1H3,(H3,29,30,32,33). The maximum Gasteiger partial charge on any atom is 0.226 e. The predicted octanol–water partition coefficient (Wildman–Crippen LogP) is 3.32. The molecule has 1 aliphatic carbocycles. The lowest BCUT2D eigenvalue weighted by molar-refractivity contribution is 0.410. The number of anilines is 3. The molecule has 5 rings (SSSR count). The molecule has 1 aliphatic rings. The molecule has 1 saturated carbocycles. The molecule has 35 heavy (non-hydrogen) atoms. The predicted molar refractivity (Wildman–Crippen MR) is 139 cm³/mol. The molecule has 0 atom stereocenters. The molecule has 0 spiro atoms. The Kier molecular flexibility index (Phi) is 6.41. The molecule has 2 aromatic carbocycles. The number of nitrogens with one attached hydrogen (secondary N) is 1. The van der Waals surface area contributed by atoms with Gasteiger partial charge in [-0.3, -0.25) is 0 Å². The molecule has 7 N–H and O–H groups in total. The van der Waals surface area contributed by atoms with E-state index in [1.54, 1.807) is 7.11 Å². The minimum absolute atomic E-state index is 0.278. The number of ether oxygens (including phenoxy) is 1. The van der Waals surface area contributed by atoms with Crippen LogP contribution in [0.2, 0.25) is 0 Å². The molecule has 0 bridgehead atoms. The van der Waals surface area contributed by atoms with Crippen LogP contribution in [0.15, 0.2) is 48.5 Å². The number of hydrogen-bond acceptors (Lipinski definition) is 8. The Morgan fingerprint density at radius 2 is 1.77 bits per heavy atom. The molecule has 0 aliphatic heterocycles. The topological polar surface area (TPSA) is 143 Å². The molecule has 0 saturated heterocycles. The van der Waals surface area contributed by atoms with Crippen molar-refractivity contribution in [2.75, 3.05) is 23.9 Å². The Bertz CT molecular complexity index is 1310. The Hall–Kier alpha value is -3.85. The maximum absolute atomic E-state index is 6.40. The lowest BCUT2D eigenvalue weighted by Gasteiger charge is -2.26. The average molecular weight is 473 g/mol. The van der Waals surface area contributed by atoms with Crippen LogP contribution in [0.1, 0.15) is 42.6 Å². The number of rotatable bonds is 7. The second-order valence-electron chi connectivity index (χ2n) is 9.20. The van der Waals surface area contributed by atoms with Crippen LogP contribution in [0.3, 0.4) is 0 Å². The third-order valence-corrected chi connectivity index (χ3v) is 6.69. The summed E-state index contributed by atoms with van der Waals surface area (Å²) in [7, 11) is 1.64. The van der Waals surface area contributed by atoms with Gasteiger partial charge in [0.1, 0.15) is 11.6 Å². The Morgan fingerprint density at radius 1 is 1.00 bits per heavy atom. The molecule has 9 heteroatoms. The van der Waals surface area contributed by atoms with E-state index in [1.807, 2.05) is 36.4 Å². The van der Waals surface area contributed by atoms with Gasteiger partial charge in [-0.25, -0.2) is 4.98 Å². The Balaban J connectivity index is 1.55. The highest BCUT2D eigenvalue weighted by Crippen LogP contribution is 2.28. The molecule has 2 aromatic heterocycles. The number of nitrogens with zero attached hydrogens (tertiary/aromatic N) is 4. The molecule has 2 heterocycles. The van der Waals surface area contributed by atoms with E-state index in [1.165, 1.54) is 0 Å². The summed E-state index contributed by atoms with van der Waals surface area (Å²) >= 11 is 0. The van der Waals surface area contributed by atoms with Crippen LogP contribution >= 0.6 is 0 Å². The van der Waals surface area contributed by atoms with Crippen LogP contribution in [0.4, 0.5) is 17.5 Å². The van der Waals surface area contributed by atoms with Crippen LogP contribution in [-0.2, 0) is 13.0 Å². The summed E-state index contributed by atoms with van der Waals surface area (Å²) in [6, 6.07) is 16.4. The van der Waals surface area contributed by atoms with Crippen LogP contribution in [0, 0.1) is 0 Å². The van der Waals surface area contributed by atoms with Gasteiger partial charge in [0.05, 0.1) is 13.7 Å². The molecule has 0 amide bonds. The van der Waals surface area contributed by atoms with Crippen molar-refractivity contribution >= 4 is 28.6 Å². The number of methoxy groups -OCH3 is 1. The van der Waals surface area contributed by atoms with E-state index in [0.29, 0.717) is 41.6 Å². The zero-order chi connectivity index (χ0) is 24.4. The van der Waals surface area contributed by atoms with E-state index in [4.69, 9.17) is 31.9 Å². The number of benzene rings is 2. The molecule has 0 radical (unpaired) electrons. The molecule has 4 aromatic rings. The van der Waals surface area contributed by atoms with Crippen molar-refractivity contribution in [3.05, 3.63) is 65.5 Å². The summed E-state index contributed by atoms with van der Waals surface area (Å²) < 4.78 is 7.51. The zero-order valence-corrected chi connectivity index (χ0v) is 19.9. The maximum atomic E-state index is 6.40. The van der Waals surface area contributed by atoms with Gasteiger partial charge >= 0.3 is 0 Å². The van der Waals surface area contributed by atoms with Crippen molar-refractivity contribution in [3.63, 3.8) is 0 Å². The molecule has 9 nitrogen and oxygen atoms in total. The van der Waals surface area contributed by atoms with Crippen molar-refractivity contribution in [1.82, 2.24) is 19.5 Å². The lowest BCUT2D eigenvalue weighted by Crippen LogP contribution is -2.33. The average Bonchev–Trinajstić information content (AvgIpc) is 3.20. The summed E-state index contributed by atoms with van der Waals surface area (Å²) in [5.74, 6) is 2.44. The Morgan fingerprint density at radius 3 is 2.51 bits per heavy atom. The van der Waals surface area contributed by atoms with Crippen molar-refractivity contribution in [3.8, 4) is 5.75 Å². The van der Waals surface area contributed by atoms with Gasteiger partial charge in [0.15, 0.2) is 17.0 Å². The zero-order valence-electron chi connectivity index (χ0n) is 19.9. The number of nitrogen functional groups attached to an aromatic ring is 2. The molecular weight excluding hydrogens is 440 g/mol. The highest BCUT2D eigenvalue weighted by atomic mass is 16.5. The van der Waals surface area contributed by atoms with Gasteiger partial charge in [0, 0.05) is 24.2 Å². The number of nitrogens with two attached hydrogens (primary N) is 3. The third kappa shape index (κ3) is 5.00. The van der Waals surface area contributed by atoms with E-state index in [2.05, 4.69) is 27.0 Å². The van der Waals surface area contributed by atoms with E-state index in [0.717, 1.165) is 48.4 Å². The summed E-state index contributed by atoms with van der Waals surface area (Å²) in [5.41, 5.74) is 22.8.